The van der Waals surface area contributed by atoms with Crippen LogP contribution in [-0.4, -0.2) is 17.1 Å². The van der Waals surface area contributed by atoms with E-state index in [1.54, 1.807) is 7.11 Å². The molecule has 2 heterocycles. The number of methoxy groups -OCH3 is 1. The summed E-state index contributed by atoms with van der Waals surface area (Å²) in [6.07, 6.45) is 0. The van der Waals surface area contributed by atoms with Gasteiger partial charge in [0, 0.05) is 38.1 Å². The molecule has 0 spiro atoms. The maximum absolute atomic E-state index is 5.35. The molecule has 28 heavy (non-hydrogen) atoms. The van der Waals surface area contributed by atoms with E-state index in [0.717, 1.165) is 22.3 Å². The summed E-state index contributed by atoms with van der Waals surface area (Å²) < 4.78 is 5.35. The van der Waals surface area contributed by atoms with Crippen molar-refractivity contribution in [2.45, 2.75) is 0 Å². The van der Waals surface area contributed by atoms with Crippen LogP contribution in [0.5, 0.6) is 5.75 Å². The van der Waals surface area contributed by atoms with Gasteiger partial charge >= 0.3 is 0 Å². The molecule has 0 saturated carbocycles. The van der Waals surface area contributed by atoms with Crippen LogP contribution in [0.25, 0.3) is 54.7 Å². The monoisotopic (exact) mass is 362 g/mol. The van der Waals surface area contributed by atoms with Gasteiger partial charge in [0.2, 0.25) is 0 Å². The Kier molecular flexibility index (Phi) is 3.09. The molecule has 0 unspecified atom stereocenters. The number of H-pyrrole nitrogens is 2. The average molecular weight is 362 g/mol. The highest BCUT2D eigenvalue weighted by Crippen LogP contribution is 2.41. The number of para-hydroxylation sites is 2. The van der Waals surface area contributed by atoms with Crippen molar-refractivity contribution < 1.29 is 4.74 Å². The second kappa shape index (κ2) is 5.64. The van der Waals surface area contributed by atoms with Gasteiger partial charge < -0.3 is 14.7 Å². The van der Waals surface area contributed by atoms with Crippen LogP contribution in [0, 0.1) is 0 Å². The van der Waals surface area contributed by atoms with E-state index in [1.165, 1.54) is 38.2 Å². The third kappa shape index (κ3) is 2.04. The molecule has 3 heteroatoms. The lowest BCUT2D eigenvalue weighted by Crippen LogP contribution is -1.84. The molecular weight excluding hydrogens is 344 g/mol. The summed E-state index contributed by atoms with van der Waals surface area (Å²) in [7, 11) is 1.70. The molecule has 4 aromatic carbocycles. The van der Waals surface area contributed by atoms with E-state index < -0.39 is 0 Å². The largest absolute Gasteiger partial charge is 0.497 e. The lowest BCUT2D eigenvalue weighted by atomic mass is 9.97. The van der Waals surface area contributed by atoms with Crippen molar-refractivity contribution in [1.29, 1.82) is 0 Å². The van der Waals surface area contributed by atoms with E-state index in [9.17, 15) is 0 Å². The summed E-state index contributed by atoms with van der Waals surface area (Å²) in [5.41, 5.74) is 7.03. The van der Waals surface area contributed by atoms with Crippen molar-refractivity contribution in [3.63, 3.8) is 0 Å². The van der Waals surface area contributed by atoms with E-state index in [2.05, 4.69) is 76.7 Å². The van der Waals surface area contributed by atoms with Gasteiger partial charge in [0.1, 0.15) is 5.75 Å². The number of ether oxygens (including phenoxy) is 1. The Bertz CT molecular complexity index is 1490. The highest BCUT2D eigenvalue weighted by Gasteiger charge is 2.17. The van der Waals surface area contributed by atoms with E-state index in [4.69, 9.17) is 4.74 Å². The van der Waals surface area contributed by atoms with Crippen molar-refractivity contribution in [2.75, 3.05) is 7.11 Å². The lowest BCUT2D eigenvalue weighted by molar-refractivity contribution is 0.415. The second-order valence-electron chi connectivity index (χ2n) is 7.17. The summed E-state index contributed by atoms with van der Waals surface area (Å²) in [4.78, 5) is 7.29. The van der Waals surface area contributed by atoms with Gasteiger partial charge in [0.15, 0.2) is 0 Å². The normalized spacial score (nSPS) is 11.8. The average Bonchev–Trinajstić information content (AvgIpc) is 3.31. The quantitative estimate of drug-likeness (QED) is 0.356. The Balaban J connectivity index is 1.82. The van der Waals surface area contributed by atoms with E-state index in [-0.39, 0.29) is 0 Å². The minimum absolute atomic E-state index is 0.866. The van der Waals surface area contributed by atoms with Gasteiger partial charge in [-0.05, 0) is 41.5 Å². The Morgan fingerprint density at radius 2 is 1.29 bits per heavy atom. The first kappa shape index (κ1) is 15.3. The standard InChI is InChI=1S/C25H18N2O/c1-28-16-12-10-15(11-13-16)19-14-22-24(18-7-3-4-8-20(18)26-22)25-23(19)17-6-2-5-9-21(17)27-25/h2-14,26-27H,1H3. The molecule has 0 aliphatic rings. The zero-order chi connectivity index (χ0) is 18.7. The Morgan fingerprint density at radius 3 is 2.00 bits per heavy atom. The van der Waals surface area contributed by atoms with Gasteiger partial charge in [-0.25, -0.2) is 0 Å². The van der Waals surface area contributed by atoms with Crippen LogP contribution < -0.4 is 4.74 Å². The molecule has 0 amide bonds. The Morgan fingerprint density at radius 1 is 0.643 bits per heavy atom. The van der Waals surface area contributed by atoms with Crippen molar-refractivity contribution in [2.24, 2.45) is 0 Å². The zero-order valence-electron chi connectivity index (χ0n) is 15.4. The highest BCUT2D eigenvalue weighted by atomic mass is 16.5. The van der Waals surface area contributed by atoms with Gasteiger partial charge in [0.25, 0.3) is 0 Å². The fraction of sp³-hybridized carbons (Fsp3) is 0.0400. The SMILES string of the molecule is COc1ccc(-c2cc3[nH]c4ccccc4c3c3[nH]c4ccccc4c23)cc1. The summed E-state index contributed by atoms with van der Waals surface area (Å²) in [5.74, 6) is 0.866. The van der Waals surface area contributed by atoms with Gasteiger partial charge in [-0.2, -0.15) is 0 Å². The molecule has 2 aromatic heterocycles. The first-order chi connectivity index (χ1) is 13.8. The third-order valence-electron chi connectivity index (χ3n) is 5.65. The van der Waals surface area contributed by atoms with Crippen LogP contribution in [0.4, 0.5) is 0 Å². The van der Waals surface area contributed by atoms with Crippen LogP contribution in [-0.2, 0) is 0 Å². The highest BCUT2D eigenvalue weighted by molar-refractivity contribution is 6.28. The Hall–Kier alpha value is -3.72. The van der Waals surface area contributed by atoms with Crippen LogP contribution in [0.15, 0.2) is 78.9 Å². The maximum atomic E-state index is 5.35. The molecule has 0 aliphatic heterocycles. The van der Waals surface area contributed by atoms with Crippen LogP contribution in [0.2, 0.25) is 0 Å². The predicted octanol–water partition coefficient (Wildman–Crippen LogP) is 6.63. The number of aromatic nitrogens is 2. The molecule has 6 rings (SSSR count). The predicted molar refractivity (Wildman–Crippen MR) is 117 cm³/mol. The first-order valence-corrected chi connectivity index (χ1v) is 9.42. The summed E-state index contributed by atoms with van der Waals surface area (Å²) in [6.45, 7) is 0. The maximum Gasteiger partial charge on any atom is 0.118 e. The zero-order valence-corrected chi connectivity index (χ0v) is 15.4. The van der Waals surface area contributed by atoms with Crippen molar-refractivity contribution >= 4 is 43.6 Å². The third-order valence-corrected chi connectivity index (χ3v) is 5.65. The Labute approximate surface area is 161 Å². The number of benzene rings is 4. The number of hydrogen-bond donors (Lipinski definition) is 2. The molecule has 0 fully saturated rings. The van der Waals surface area contributed by atoms with Gasteiger partial charge in [-0.3, -0.25) is 0 Å². The number of hydrogen-bond acceptors (Lipinski definition) is 1. The summed E-state index contributed by atoms with van der Waals surface area (Å²) in [5, 5.41) is 5.00. The van der Waals surface area contributed by atoms with Crippen molar-refractivity contribution in [3.8, 4) is 16.9 Å². The van der Waals surface area contributed by atoms with Gasteiger partial charge in [0.05, 0.1) is 12.6 Å². The van der Waals surface area contributed by atoms with Crippen molar-refractivity contribution in [1.82, 2.24) is 9.97 Å². The molecule has 0 saturated heterocycles. The molecule has 3 nitrogen and oxygen atoms in total. The summed E-state index contributed by atoms with van der Waals surface area (Å²) >= 11 is 0. The van der Waals surface area contributed by atoms with Crippen molar-refractivity contribution in [3.05, 3.63) is 78.9 Å². The van der Waals surface area contributed by atoms with Gasteiger partial charge in [-0.1, -0.05) is 48.5 Å². The lowest BCUT2D eigenvalue weighted by Gasteiger charge is -2.08. The topological polar surface area (TPSA) is 40.8 Å². The van der Waals surface area contributed by atoms with Crippen LogP contribution in [0.3, 0.4) is 0 Å². The minimum Gasteiger partial charge on any atom is -0.497 e. The number of fused-ring (bicyclic) bond motifs is 7. The smallest absolute Gasteiger partial charge is 0.118 e. The number of rotatable bonds is 2. The molecule has 134 valence electrons. The number of nitrogens with one attached hydrogen (secondary N) is 2. The fourth-order valence-electron chi connectivity index (χ4n) is 4.36. The van der Waals surface area contributed by atoms with E-state index in [0.29, 0.717) is 0 Å². The van der Waals surface area contributed by atoms with Crippen LogP contribution in [0.1, 0.15) is 0 Å². The van der Waals surface area contributed by atoms with Gasteiger partial charge in [-0.15, -0.1) is 0 Å². The molecule has 6 aromatic rings. The molecule has 2 N–H and O–H groups in total. The van der Waals surface area contributed by atoms with E-state index in [1.807, 2.05) is 12.1 Å². The van der Waals surface area contributed by atoms with Crippen LogP contribution >= 0.6 is 0 Å². The first-order valence-electron chi connectivity index (χ1n) is 9.42. The molecule has 0 aliphatic carbocycles. The molecule has 0 bridgehead atoms. The molecule has 0 radical (unpaired) electrons. The number of aromatic amines is 2. The van der Waals surface area contributed by atoms with E-state index >= 15 is 0 Å². The molecule has 0 atom stereocenters. The fourth-order valence-corrected chi connectivity index (χ4v) is 4.36. The summed E-state index contributed by atoms with van der Waals surface area (Å²) in [6, 6.07) is 27.6. The molecular formula is C25H18N2O. The minimum atomic E-state index is 0.866. The second-order valence-corrected chi connectivity index (χ2v) is 7.17.